The Bertz CT molecular complexity index is 402. The van der Waals surface area contributed by atoms with Crippen molar-refractivity contribution < 1.29 is 18.8 Å². The molecule has 5 heteroatoms. The molecule has 1 aliphatic heterocycles. The highest BCUT2D eigenvalue weighted by Crippen LogP contribution is 2.20. The van der Waals surface area contributed by atoms with Crippen molar-refractivity contribution in [3.8, 4) is 5.75 Å². The smallest absolute Gasteiger partial charge is 0.277 e. The Balaban J connectivity index is 2.22. The highest BCUT2D eigenvalue weighted by Gasteiger charge is 2.21. The van der Waals surface area contributed by atoms with E-state index in [0.717, 1.165) is 6.42 Å². The molecule has 2 rings (SSSR count). The van der Waals surface area contributed by atoms with Crippen LogP contribution >= 0.6 is 0 Å². The van der Waals surface area contributed by atoms with Gasteiger partial charge in [0.05, 0.1) is 20.3 Å². The van der Waals surface area contributed by atoms with Crippen LogP contribution in [-0.4, -0.2) is 31.2 Å². The number of nitrogens with zero attached hydrogens (tertiary/aromatic N) is 1. The molecule has 0 unspecified atom stereocenters. The van der Waals surface area contributed by atoms with E-state index >= 15 is 0 Å². The summed E-state index contributed by atoms with van der Waals surface area (Å²) in [7, 11) is 1.36. The van der Waals surface area contributed by atoms with Crippen molar-refractivity contribution in [3.05, 3.63) is 29.6 Å². The largest absolute Gasteiger partial charge is 0.494 e. The fourth-order valence-electron chi connectivity index (χ4n) is 1.54. The molecule has 1 fully saturated rings. The van der Waals surface area contributed by atoms with Gasteiger partial charge in [0.2, 0.25) is 0 Å². The van der Waals surface area contributed by atoms with Crippen molar-refractivity contribution in [2.75, 3.05) is 20.3 Å². The normalized spacial score (nSPS) is 15.2. The minimum atomic E-state index is -0.485. The molecule has 0 bridgehead atoms. The minimum absolute atomic E-state index is 0.0602. The van der Waals surface area contributed by atoms with Gasteiger partial charge in [-0.2, -0.15) is 0 Å². The summed E-state index contributed by atoms with van der Waals surface area (Å²) < 4.78 is 17.9. The van der Waals surface area contributed by atoms with Crippen LogP contribution in [0.4, 0.5) is 4.39 Å². The Kier molecular flexibility index (Phi) is 3.05. The molecule has 1 saturated heterocycles. The zero-order valence-corrected chi connectivity index (χ0v) is 8.90. The maximum Gasteiger partial charge on any atom is 0.277 e. The highest BCUT2D eigenvalue weighted by atomic mass is 19.1. The van der Waals surface area contributed by atoms with Crippen molar-refractivity contribution in [2.24, 2.45) is 0 Å². The van der Waals surface area contributed by atoms with Crippen LogP contribution in [0.3, 0.4) is 0 Å². The number of benzene rings is 1. The van der Waals surface area contributed by atoms with Crippen molar-refractivity contribution in [2.45, 2.75) is 6.42 Å². The number of methoxy groups -OCH3 is 1. The number of carbonyl (C=O) groups is 1. The molecule has 0 radical (unpaired) electrons. The van der Waals surface area contributed by atoms with Crippen LogP contribution in [0.25, 0.3) is 0 Å². The number of carbonyl (C=O) groups excluding carboxylic acids is 1. The van der Waals surface area contributed by atoms with Gasteiger partial charge in [-0.25, -0.2) is 9.45 Å². The first kappa shape index (κ1) is 10.9. The number of ether oxygens (including phenoxy) is 1. The van der Waals surface area contributed by atoms with Crippen molar-refractivity contribution in [1.82, 2.24) is 5.06 Å². The molecule has 0 atom stereocenters. The Morgan fingerprint density at radius 2 is 2.38 bits per heavy atom. The van der Waals surface area contributed by atoms with Gasteiger partial charge in [-0.15, -0.1) is 0 Å². The van der Waals surface area contributed by atoms with Crippen molar-refractivity contribution in [1.29, 1.82) is 0 Å². The second kappa shape index (κ2) is 4.49. The maximum absolute atomic E-state index is 13.1. The van der Waals surface area contributed by atoms with E-state index in [1.807, 2.05) is 0 Å². The average molecular weight is 225 g/mol. The molecule has 4 nitrogen and oxygen atoms in total. The fraction of sp³-hybridized carbons (Fsp3) is 0.364. The molecule has 16 heavy (non-hydrogen) atoms. The number of hydrogen-bond acceptors (Lipinski definition) is 3. The zero-order valence-electron chi connectivity index (χ0n) is 8.90. The van der Waals surface area contributed by atoms with Crippen LogP contribution in [-0.2, 0) is 4.84 Å². The molecule has 1 aliphatic rings. The van der Waals surface area contributed by atoms with Crippen LogP contribution < -0.4 is 4.74 Å². The number of rotatable bonds is 2. The predicted molar refractivity (Wildman–Crippen MR) is 54.6 cm³/mol. The molecule has 0 aliphatic carbocycles. The van der Waals surface area contributed by atoms with E-state index < -0.39 is 5.82 Å². The molecule has 1 aromatic rings. The number of halogens is 1. The van der Waals surface area contributed by atoms with Crippen LogP contribution in [0.5, 0.6) is 5.75 Å². The second-order valence-corrected chi connectivity index (χ2v) is 3.44. The van der Waals surface area contributed by atoms with E-state index in [2.05, 4.69) is 0 Å². The molecule has 0 N–H and O–H groups in total. The van der Waals surface area contributed by atoms with Gasteiger partial charge >= 0.3 is 0 Å². The number of hydrogen-bond donors (Lipinski definition) is 0. The maximum atomic E-state index is 13.1. The van der Waals surface area contributed by atoms with E-state index in [4.69, 9.17) is 9.57 Å². The summed E-state index contributed by atoms with van der Waals surface area (Å²) in [6, 6.07) is 4.00. The van der Waals surface area contributed by atoms with E-state index in [1.165, 1.54) is 30.4 Å². The molecule has 0 spiro atoms. The molecule has 1 heterocycles. The van der Waals surface area contributed by atoms with Gasteiger partial charge in [0.25, 0.3) is 5.91 Å². The Morgan fingerprint density at radius 1 is 1.56 bits per heavy atom. The molecule has 0 saturated carbocycles. The average Bonchev–Trinajstić information content (AvgIpc) is 2.82. The van der Waals surface area contributed by atoms with Crippen LogP contribution in [0.2, 0.25) is 0 Å². The summed E-state index contributed by atoms with van der Waals surface area (Å²) >= 11 is 0. The standard InChI is InChI=1S/C11H12FNO3/c1-15-10-7-8(3-4-9(10)12)11(14)13-5-2-6-16-13/h3-4,7H,2,5-6H2,1H3. The summed E-state index contributed by atoms with van der Waals surface area (Å²) in [5, 5.41) is 1.28. The molecular weight excluding hydrogens is 213 g/mol. The number of amides is 1. The zero-order chi connectivity index (χ0) is 11.5. The van der Waals surface area contributed by atoms with Gasteiger partial charge in [0.1, 0.15) is 0 Å². The van der Waals surface area contributed by atoms with Crippen LogP contribution in [0.15, 0.2) is 18.2 Å². The van der Waals surface area contributed by atoms with Gasteiger partial charge in [0, 0.05) is 5.56 Å². The molecule has 0 aromatic heterocycles. The molecular formula is C11H12FNO3. The lowest BCUT2D eigenvalue weighted by atomic mass is 10.2. The monoisotopic (exact) mass is 225 g/mol. The first-order chi connectivity index (χ1) is 7.72. The van der Waals surface area contributed by atoms with E-state index in [0.29, 0.717) is 18.7 Å². The van der Waals surface area contributed by atoms with Gasteiger partial charge in [0.15, 0.2) is 11.6 Å². The van der Waals surface area contributed by atoms with E-state index in [9.17, 15) is 9.18 Å². The van der Waals surface area contributed by atoms with Crippen molar-refractivity contribution >= 4 is 5.91 Å². The van der Waals surface area contributed by atoms with E-state index in [1.54, 1.807) is 0 Å². The van der Waals surface area contributed by atoms with Crippen LogP contribution in [0, 0.1) is 5.82 Å². The third-order valence-electron chi connectivity index (χ3n) is 2.38. The summed E-state index contributed by atoms with van der Waals surface area (Å²) in [6.07, 6.45) is 0.823. The lowest BCUT2D eigenvalue weighted by Gasteiger charge is -2.14. The minimum Gasteiger partial charge on any atom is -0.494 e. The Morgan fingerprint density at radius 3 is 3.00 bits per heavy atom. The van der Waals surface area contributed by atoms with Gasteiger partial charge in [-0.1, -0.05) is 0 Å². The summed E-state index contributed by atoms with van der Waals surface area (Å²) in [4.78, 5) is 17.0. The predicted octanol–water partition coefficient (Wildman–Crippen LogP) is 1.61. The molecule has 1 aromatic carbocycles. The Hall–Kier alpha value is -1.62. The van der Waals surface area contributed by atoms with Crippen LogP contribution in [0.1, 0.15) is 16.8 Å². The quantitative estimate of drug-likeness (QED) is 0.767. The van der Waals surface area contributed by atoms with E-state index in [-0.39, 0.29) is 11.7 Å². The first-order valence-electron chi connectivity index (χ1n) is 5.00. The third kappa shape index (κ3) is 1.99. The highest BCUT2D eigenvalue weighted by molar-refractivity contribution is 5.94. The lowest BCUT2D eigenvalue weighted by Crippen LogP contribution is -2.26. The summed E-state index contributed by atoms with van der Waals surface area (Å²) in [6.45, 7) is 1.11. The SMILES string of the molecule is COc1cc(C(=O)N2CCCO2)ccc1F. The van der Waals surface area contributed by atoms with Gasteiger partial charge in [-0.3, -0.25) is 9.63 Å². The number of hydroxylamine groups is 2. The molecule has 1 amide bonds. The lowest BCUT2D eigenvalue weighted by molar-refractivity contribution is -0.0768. The van der Waals surface area contributed by atoms with Crippen molar-refractivity contribution in [3.63, 3.8) is 0 Å². The first-order valence-corrected chi connectivity index (χ1v) is 5.00. The third-order valence-corrected chi connectivity index (χ3v) is 2.38. The van der Waals surface area contributed by atoms with Gasteiger partial charge in [-0.05, 0) is 24.6 Å². The second-order valence-electron chi connectivity index (χ2n) is 3.44. The summed E-state index contributed by atoms with van der Waals surface area (Å²) in [5.74, 6) is -0.692. The topological polar surface area (TPSA) is 38.8 Å². The molecule has 86 valence electrons. The Labute approximate surface area is 92.5 Å². The fourth-order valence-corrected chi connectivity index (χ4v) is 1.54. The van der Waals surface area contributed by atoms with Gasteiger partial charge < -0.3 is 4.74 Å². The summed E-state index contributed by atoms with van der Waals surface area (Å²) in [5.41, 5.74) is 0.361.